The van der Waals surface area contributed by atoms with Crippen molar-refractivity contribution in [3.05, 3.63) is 34.7 Å². The van der Waals surface area contributed by atoms with E-state index in [2.05, 4.69) is 0 Å². The lowest BCUT2D eigenvalue weighted by molar-refractivity contribution is 0.518. The SMILES string of the molecule is Fc1ccc2cc(CCl)sc2c1F. The summed E-state index contributed by atoms with van der Waals surface area (Å²) in [6.07, 6.45) is 0. The van der Waals surface area contributed by atoms with Gasteiger partial charge in [-0.15, -0.1) is 22.9 Å². The maximum Gasteiger partial charge on any atom is 0.176 e. The van der Waals surface area contributed by atoms with Crippen LogP contribution in [0.25, 0.3) is 10.1 Å². The Morgan fingerprint density at radius 2 is 2.08 bits per heavy atom. The quantitative estimate of drug-likeness (QED) is 0.637. The summed E-state index contributed by atoms with van der Waals surface area (Å²) in [4.78, 5) is 0.848. The van der Waals surface area contributed by atoms with Crippen LogP contribution < -0.4 is 0 Å². The van der Waals surface area contributed by atoms with Crippen LogP contribution in [0.1, 0.15) is 4.88 Å². The Labute approximate surface area is 82.8 Å². The second-order valence-corrected chi connectivity index (χ2v) is 4.03. The lowest BCUT2D eigenvalue weighted by Crippen LogP contribution is -1.80. The number of fused-ring (bicyclic) bond motifs is 1. The summed E-state index contributed by atoms with van der Waals surface area (Å²) in [7, 11) is 0. The van der Waals surface area contributed by atoms with Gasteiger partial charge in [0.2, 0.25) is 0 Å². The van der Waals surface area contributed by atoms with Gasteiger partial charge in [-0.1, -0.05) is 6.07 Å². The predicted molar refractivity (Wildman–Crippen MR) is 51.3 cm³/mol. The van der Waals surface area contributed by atoms with Crippen molar-refractivity contribution in [1.29, 1.82) is 0 Å². The average molecular weight is 219 g/mol. The maximum absolute atomic E-state index is 13.1. The fraction of sp³-hybridized carbons (Fsp3) is 0.111. The van der Waals surface area contributed by atoms with Crippen LogP contribution in [0.3, 0.4) is 0 Å². The van der Waals surface area contributed by atoms with E-state index in [0.717, 1.165) is 10.9 Å². The van der Waals surface area contributed by atoms with Crippen molar-refractivity contribution in [1.82, 2.24) is 0 Å². The van der Waals surface area contributed by atoms with Crippen molar-refractivity contribution in [3.63, 3.8) is 0 Å². The average Bonchev–Trinajstić information content (AvgIpc) is 2.55. The number of thiophene rings is 1. The van der Waals surface area contributed by atoms with E-state index >= 15 is 0 Å². The van der Waals surface area contributed by atoms with Gasteiger partial charge in [-0.05, 0) is 17.5 Å². The molecule has 0 radical (unpaired) electrons. The number of hydrogen-bond acceptors (Lipinski definition) is 1. The Morgan fingerprint density at radius 3 is 2.77 bits per heavy atom. The summed E-state index contributed by atoms with van der Waals surface area (Å²) in [6.45, 7) is 0. The molecule has 0 atom stereocenters. The van der Waals surface area contributed by atoms with E-state index in [4.69, 9.17) is 11.6 Å². The Morgan fingerprint density at radius 1 is 1.31 bits per heavy atom. The first-order valence-electron chi connectivity index (χ1n) is 3.65. The first-order valence-corrected chi connectivity index (χ1v) is 5.00. The third-order valence-electron chi connectivity index (χ3n) is 1.76. The van der Waals surface area contributed by atoms with E-state index in [9.17, 15) is 8.78 Å². The molecule has 0 fully saturated rings. The van der Waals surface area contributed by atoms with E-state index in [1.54, 1.807) is 12.1 Å². The maximum atomic E-state index is 13.1. The minimum absolute atomic E-state index is 0.334. The van der Waals surface area contributed by atoms with Gasteiger partial charge in [0.1, 0.15) is 0 Å². The molecule has 0 aliphatic rings. The molecule has 0 unspecified atom stereocenters. The minimum atomic E-state index is -0.810. The van der Waals surface area contributed by atoms with E-state index in [-0.39, 0.29) is 0 Å². The number of rotatable bonds is 1. The van der Waals surface area contributed by atoms with E-state index < -0.39 is 11.6 Å². The van der Waals surface area contributed by atoms with E-state index in [0.29, 0.717) is 16.0 Å². The summed E-state index contributed by atoms with van der Waals surface area (Å²) in [5, 5.41) is 0.708. The Hall–Kier alpha value is -0.670. The third-order valence-corrected chi connectivity index (χ3v) is 3.35. The number of benzene rings is 1. The van der Waals surface area contributed by atoms with Crippen LogP contribution in [-0.4, -0.2) is 0 Å². The summed E-state index contributed by atoms with van der Waals surface area (Å²) >= 11 is 6.78. The molecule has 13 heavy (non-hydrogen) atoms. The highest BCUT2D eigenvalue weighted by Crippen LogP contribution is 2.30. The summed E-state index contributed by atoms with van der Waals surface area (Å²) in [5.41, 5.74) is 0. The molecule has 68 valence electrons. The number of hydrogen-bond donors (Lipinski definition) is 0. The van der Waals surface area contributed by atoms with Crippen LogP contribution >= 0.6 is 22.9 Å². The molecule has 2 aromatic rings. The summed E-state index contributed by atoms with van der Waals surface area (Å²) in [5.74, 6) is -1.25. The van der Waals surface area contributed by atoms with Crippen LogP contribution in [0.4, 0.5) is 8.78 Å². The molecular weight excluding hydrogens is 214 g/mol. The van der Waals surface area contributed by atoms with Gasteiger partial charge in [0.15, 0.2) is 11.6 Å². The fourth-order valence-corrected chi connectivity index (χ4v) is 2.34. The Balaban J connectivity index is 2.76. The smallest absolute Gasteiger partial charge is 0.176 e. The largest absolute Gasteiger partial charge is 0.204 e. The normalized spacial score (nSPS) is 11.0. The molecular formula is C9H5ClF2S. The van der Waals surface area contributed by atoms with E-state index in [1.807, 2.05) is 0 Å². The Bertz CT molecular complexity index is 450. The highest BCUT2D eigenvalue weighted by Gasteiger charge is 2.09. The molecule has 0 N–H and O–H groups in total. The predicted octanol–water partition coefficient (Wildman–Crippen LogP) is 3.92. The minimum Gasteiger partial charge on any atom is -0.204 e. The molecule has 0 saturated carbocycles. The lowest BCUT2D eigenvalue weighted by atomic mass is 10.2. The van der Waals surface area contributed by atoms with Gasteiger partial charge in [-0.3, -0.25) is 0 Å². The van der Waals surface area contributed by atoms with Crippen LogP contribution in [0, 0.1) is 11.6 Å². The van der Waals surface area contributed by atoms with Gasteiger partial charge >= 0.3 is 0 Å². The van der Waals surface area contributed by atoms with Crippen molar-refractivity contribution >= 4 is 33.0 Å². The van der Waals surface area contributed by atoms with Gasteiger partial charge in [0.25, 0.3) is 0 Å². The van der Waals surface area contributed by atoms with Gasteiger partial charge in [-0.25, -0.2) is 8.78 Å². The van der Waals surface area contributed by atoms with Gasteiger partial charge < -0.3 is 0 Å². The van der Waals surface area contributed by atoms with Crippen LogP contribution in [0.5, 0.6) is 0 Å². The van der Waals surface area contributed by atoms with Crippen molar-refractivity contribution in [2.45, 2.75) is 5.88 Å². The molecule has 2 rings (SSSR count). The second-order valence-electron chi connectivity index (χ2n) is 2.63. The zero-order valence-electron chi connectivity index (χ0n) is 6.48. The highest BCUT2D eigenvalue weighted by atomic mass is 35.5. The highest BCUT2D eigenvalue weighted by molar-refractivity contribution is 7.19. The van der Waals surface area contributed by atoms with Crippen molar-refractivity contribution in [3.8, 4) is 0 Å². The standard InChI is InChI=1S/C9H5ClF2S/c10-4-6-3-5-1-2-7(11)8(12)9(5)13-6/h1-3H,4H2. The first-order chi connectivity index (χ1) is 6.22. The molecule has 1 heterocycles. The molecule has 1 aromatic carbocycles. The van der Waals surface area contributed by atoms with Crippen LogP contribution in [0.2, 0.25) is 0 Å². The fourth-order valence-electron chi connectivity index (χ4n) is 1.16. The molecule has 0 nitrogen and oxygen atoms in total. The van der Waals surface area contributed by atoms with Crippen molar-refractivity contribution < 1.29 is 8.78 Å². The third kappa shape index (κ3) is 1.42. The summed E-state index contributed by atoms with van der Waals surface area (Å²) in [6, 6.07) is 4.46. The molecule has 0 aliphatic carbocycles. The molecule has 0 amide bonds. The van der Waals surface area contributed by atoms with E-state index in [1.165, 1.54) is 11.3 Å². The zero-order valence-corrected chi connectivity index (χ0v) is 8.05. The van der Waals surface area contributed by atoms with Crippen LogP contribution in [0.15, 0.2) is 18.2 Å². The molecule has 0 aliphatic heterocycles. The molecule has 1 aromatic heterocycles. The topological polar surface area (TPSA) is 0 Å². The van der Waals surface area contributed by atoms with Crippen LogP contribution in [-0.2, 0) is 5.88 Å². The van der Waals surface area contributed by atoms with Gasteiger partial charge in [-0.2, -0.15) is 0 Å². The second kappa shape index (κ2) is 3.24. The molecule has 0 spiro atoms. The van der Waals surface area contributed by atoms with Crippen molar-refractivity contribution in [2.75, 3.05) is 0 Å². The Kier molecular flexibility index (Phi) is 2.22. The van der Waals surface area contributed by atoms with Gasteiger partial charge in [0.05, 0.1) is 10.6 Å². The zero-order chi connectivity index (χ0) is 9.42. The number of halogens is 3. The van der Waals surface area contributed by atoms with Gasteiger partial charge in [0, 0.05) is 4.88 Å². The summed E-state index contributed by atoms with van der Waals surface area (Å²) < 4.78 is 26.2. The van der Waals surface area contributed by atoms with Crippen molar-refractivity contribution in [2.24, 2.45) is 0 Å². The lowest BCUT2D eigenvalue weighted by Gasteiger charge is -1.92. The molecule has 4 heteroatoms. The monoisotopic (exact) mass is 218 g/mol. The molecule has 0 bridgehead atoms. The first kappa shape index (κ1) is 8.91. The number of alkyl halides is 1. The molecule has 0 saturated heterocycles.